The first kappa shape index (κ1) is 16.1. The zero-order valence-electron chi connectivity index (χ0n) is 12.2. The lowest BCUT2D eigenvalue weighted by atomic mass is 10.2. The number of aromatic hydroxyl groups is 1. The molecule has 4 nitrogen and oxygen atoms in total. The van der Waals surface area contributed by atoms with Crippen molar-refractivity contribution in [3.8, 4) is 5.75 Å². The molecule has 1 aromatic carbocycles. The monoisotopic (exact) mass is 325 g/mol. The maximum absolute atomic E-state index is 9.79. The zero-order valence-corrected chi connectivity index (χ0v) is 13.8. The van der Waals surface area contributed by atoms with Crippen molar-refractivity contribution in [3.05, 3.63) is 34.3 Å². The molecular weight excluding hydrogens is 306 g/mol. The minimum atomic E-state index is 0.161. The van der Waals surface area contributed by atoms with Gasteiger partial charge >= 0.3 is 0 Å². The summed E-state index contributed by atoms with van der Waals surface area (Å²) in [5, 5.41) is 19.7. The van der Waals surface area contributed by atoms with E-state index in [9.17, 15) is 5.11 Å². The quantitative estimate of drug-likeness (QED) is 0.668. The fourth-order valence-electron chi connectivity index (χ4n) is 1.96. The summed E-state index contributed by atoms with van der Waals surface area (Å²) in [5.41, 5.74) is 1.61. The highest BCUT2D eigenvalue weighted by Gasteiger charge is 2.09. The first-order valence-electron chi connectivity index (χ1n) is 7.01. The number of phenolic OH excluding ortho intramolecular Hbond substituents is 1. The number of anilines is 2. The summed E-state index contributed by atoms with van der Waals surface area (Å²) in [6.45, 7) is 5.33. The first-order chi connectivity index (χ1) is 10.1. The molecule has 3 N–H and O–H groups in total. The van der Waals surface area contributed by atoms with E-state index in [4.69, 9.17) is 11.6 Å². The molecule has 0 saturated carbocycles. The average Bonchev–Trinajstić information content (AvgIpc) is 2.88. The van der Waals surface area contributed by atoms with Crippen LogP contribution in [-0.2, 0) is 6.42 Å². The Balaban J connectivity index is 1.98. The van der Waals surface area contributed by atoms with Crippen LogP contribution in [0.25, 0.3) is 0 Å². The molecular formula is C15H20ClN3OS. The van der Waals surface area contributed by atoms with Crippen LogP contribution in [0.5, 0.6) is 5.75 Å². The topological polar surface area (TPSA) is 57.2 Å². The largest absolute Gasteiger partial charge is 0.506 e. The Kier molecular flexibility index (Phi) is 5.85. The van der Waals surface area contributed by atoms with Crippen molar-refractivity contribution >= 4 is 33.8 Å². The van der Waals surface area contributed by atoms with Crippen molar-refractivity contribution in [3.63, 3.8) is 0 Å². The van der Waals surface area contributed by atoms with Crippen LogP contribution in [0.2, 0.25) is 5.02 Å². The second kappa shape index (κ2) is 7.64. The lowest BCUT2D eigenvalue weighted by Gasteiger charge is -2.11. The highest BCUT2D eigenvalue weighted by Crippen LogP contribution is 2.30. The summed E-state index contributed by atoms with van der Waals surface area (Å²) in [5.74, 6) is 0.161. The molecule has 1 aromatic heterocycles. The number of thiazole rings is 1. The molecule has 6 heteroatoms. The number of halogens is 1. The Bertz CT molecular complexity index is 588. The second-order valence-electron chi connectivity index (χ2n) is 4.99. The molecule has 0 fully saturated rings. The van der Waals surface area contributed by atoms with E-state index in [0.29, 0.717) is 16.8 Å². The Labute approximate surface area is 134 Å². The molecule has 2 rings (SSSR count). The summed E-state index contributed by atoms with van der Waals surface area (Å²) in [6.07, 6.45) is 2.02. The number of nitrogens with zero attached hydrogens (tertiary/aromatic N) is 1. The van der Waals surface area contributed by atoms with Crippen LogP contribution in [-0.4, -0.2) is 22.7 Å². The Hall–Kier alpha value is -1.30. The van der Waals surface area contributed by atoms with Crippen LogP contribution in [0.4, 0.5) is 10.8 Å². The van der Waals surface area contributed by atoms with Crippen LogP contribution in [0, 0.1) is 0 Å². The number of aromatic nitrogens is 1. The van der Waals surface area contributed by atoms with Crippen LogP contribution in [0.15, 0.2) is 23.6 Å². The van der Waals surface area contributed by atoms with Gasteiger partial charge in [-0.1, -0.05) is 18.5 Å². The van der Waals surface area contributed by atoms with E-state index < -0.39 is 0 Å². The van der Waals surface area contributed by atoms with Crippen LogP contribution in [0.1, 0.15) is 26.0 Å². The number of rotatable bonds is 7. The molecule has 21 heavy (non-hydrogen) atoms. The lowest BCUT2D eigenvalue weighted by molar-refractivity contribution is 0.478. The van der Waals surface area contributed by atoms with Gasteiger partial charge in [0.05, 0.1) is 11.4 Å². The predicted molar refractivity (Wildman–Crippen MR) is 90.0 cm³/mol. The summed E-state index contributed by atoms with van der Waals surface area (Å²) in [7, 11) is 0. The standard InChI is InChI=1S/C15H20ClN3OS/c1-3-6-17-10(2)7-12-9-21-15(18-12)19-13-8-11(16)4-5-14(13)20/h4-5,8-10,17,20H,3,6-7H2,1-2H3,(H,18,19). The summed E-state index contributed by atoms with van der Waals surface area (Å²) in [6, 6.07) is 5.30. The maximum atomic E-state index is 9.79. The third kappa shape index (κ3) is 4.88. The summed E-state index contributed by atoms with van der Waals surface area (Å²) < 4.78 is 0. The maximum Gasteiger partial charge on any atom is 0.187 e. The van der Waals surface area contributed by atoms with Gasteiger partial charge in [-0.2, -0.15) is 0 Å². The van der Waals surface area contributed by atoms with E-state index in [1.807, 2.05) is 5.38 Å². The predicted octanol–water partition coefficient (Wildman–Crippen LogP) is 4.18. The van der Waals surface area contributed by atoms with E-state index in [1.54, 1.807) is 18.2 Å². The molecule has 0 radical (unpaired) electrons. The summed E-state index contributed by atoms with van der Waals surface area (Å²) in [4.78, 5) is 4.54. The molecule has 0 saturated heterocycles. The minimum absolute atomic E-state index is 0.161. The Morgan fingerprint density at radius 2 is 2.24 bits per heavy atom. The van der Waals surface area contributed by atoms with Gasteiger partial charge in [-0.05, 0) is 38.1 Å². The SMILES string of the molecule is CCCNC(C)Cc1csc(Nc2cc(Cl)ccc2O)n1. The van der Waals surface area contributed by atoms with Crippen LogP contribution < -0.4 is 10.6 Å². The van der Waals surface area contributed by atoms with Crippen molar-refractivity contribution in [1.29, 1.82) is 0 Å². The fourth-order valence-corrected chi connectivity index (χ4v) is 2.87. The van der Waals surface area contributed by atoms with Crippen molar-refractivity contribution in [2.24, 2.45) is 0 Å². The molecule has 0 amide bonds. The molecule has 0 aliphatic carbocycles. The van der Waals surface area contributed by atoms with Crippen molar-refractivity contribution in [2.75, 3.05) is 11.9 Å². The van der Waals surface area contributed by atoms with Gasteiger partial charge in [0.2, 0.25) is 0 Å². The second-order valence-corrected chi connectivity index (χ2v) is 6.28. The van der Waals surface area contributed by atoms with Crippen molar-refractivity contribution in [2.45, 2.75) is 32.7 Å². The zero-order chi connectivity index (χ0) is 15.2. The molecule has 0 spiro atoms. The fraction of sp³-hybridized carbons (Fsp3) is 0.400. The smallest absolute Gasteiger partial charge is 0.187 e. The molecule has 0 aliphatic rings. The molecule has 1 unspecified atom stereocenters. The number of nitrogens with one attached hydrogen (secondary N) is 2. The molecule has 2 aromatic rings. The minimum Gasteiger partial charge on any atom is -0.506 e. The average molecular weight is 326 g/mol. The van der Waals surface area contributed by atoms with Gasteiger partial charge in [-0.25, -0.2) is 4.98 Å². The Morgan fingerprint density at radius 1 is 1.43 bits per heavy atom. The Morgan fingerprint density at radius 3 is 3.00 bits per heavy atom. The van der Waals surface area contributed by atoms with E-state index in [1.165, 1.54) is 11.3 Å². The first-order valence-corrected chi connectivity index (χ1v) is 8.27. The molecule has 0 bridgehead atoms. The van der Waals surface area contributed by atoms with Gasteiger partial charge < -0.3 is 15.7 Å². The highest BCUT2D eigenvalue weighted by atomic mass is 35.5. The number of hydrogen-bond donors (Lipinski definition) is 3. The number of phenols is 1. The molecule has 114 valence electrons. The molecule has 1 heterocycles. The molecule has 1 atom stereocenters. The van der Waals surface area contributed by atoms with Gasteiger partial charge in [-0.3, -0.25) is 0 Å². The van der Waals surface area contributed by atoms with Crippen LogP contribution in [0.3, 0.4) is 0 Å². The van der Waals surface area contributed by atoms with Gasteiger partial charge in [-0.15, -0.1) is 11.3 Å². The number of benzene rings is 1. The van der Waals surface area contributed by atoms with E-state index in [-0.39, 0.29) is 5.75 Å². The van der Waals surface area contributed by atoms with Gasteiger partial charge in [0.15, 0.2) is 5.13 Å². The lowest BCUT2D eigenvalue weighted by Crippen LogP contribution is -2.28. The van der Waals surface area contributed by atoms with E-state index >= 15 is 0 Å². The van der Waals surface area contributed by atoms with Crippen LogP contribution >= 0.6 is 22.9 Å². The van der Waals surface area contributed by atoms with Gasteiger partial charge in [0, 0.05) is 22.9 Å². The van der Waals surface area contributed by atoms with Gasteiger partial charge in [0.25, 0.3) is 0 Å². The van der Waals surface area contributed by atoms with Crippen molar-refractivity contribution < 1.29 is 5.11 Å². The highest BCUT2D eigenvalue weighted by molar-refractivity contribution is 7.13. The van der Waals surface area contributed by atoms with Gasteiger partial charge in [0.1, 0.15) is 5.75 Å². The summed E-state index contributed by atoms with van der Waals surface area (Å²) >= 11 is 7.45. The number of hydrogen-bond acceptors (Lipinski definition) is 5. The van der Waals surface area contributed by atoms with E-state index in [0.717, 1.165) is 30.2 Å². The third-order valence-electron chi connectivity index (χ3n) is 3.01. The normalized spacial score (nSPS) is 12.3. The molecule has 0 aliphatic heterocycles. The third-order valence-corrected chi connectivity index (χ3v) is 4.05. The van der Waals surface area contributed by atoms with E-state index in [2.05, 4.69) is 29.5 Å². The van der Waals surface area contributed by atoms with Crippen molar-refractivity contribution in [1.82, 2.24) is 10.3 Å².